The standard InChI is InChI=1S/C13H20N2O3S/c1-5-7-15(8-6-2)19(16,17)13-9-12(10-14-4)18-11(13)3/h5-6,9,14H,1-2,7-8,10H2,3-4H3. The molecule has 1 N–H and O–H groups in total. The Kier molecular flexibility index (Phi) is 5.53. The minimum Gasteiger partial charge on any atom is -0.464 e. The van der Waals surface area contributed by atoms with Crippen LogP contribution in [-0.4, -0.2) is 32.9 Å². The van der Waals surface area contributed by atoms with Gasteiger partial charge in [0.15, 0.2) is 0 Å². The van der Waals surface area contributed by atoms with E-state index >= 15 is 0 Å². The lowest BCUT2D eigenvalue weighted by molar-refractivity contribution is 0.455. The molecule has 0 aromatic carbocycles. The van der Waals surface area contributed by atoms with Crippen LogP contribution in [0.25, 0.3) is 0 Å². The van der Waals surface area contributed by atoms with Gasteiger partial charge in [-0.25, -0.2) is 8.42 Å². The van der Waals surface area contributed by atoms with E-state index in [1.54, 1.807) is 32.2 Å². The Morgan fingerprint density at radius 3 is 2.42 bits per heavy atom. The summed E-state index contributed by atoms with van der Waals surface area (Å²) in [6.07, 6.45) is 3.09. The Balaban J connectivity index is 3.16. The van der Waals surface area contributed by atoms with Crippen LogP contribution in [0.4, 0.5) is 0 Å². The van der Waals surface area contributed by atoms with Crippen molar-refractivity contribution in [2.24, 2.45) is 0 Å². The van der Waals surface area contributed by atoms with Crippen molar-refractivity contribution in [2.45, 2.75) is 18.4 Å². The van der Waals surface area contributed by atoms with E-state index in [0.717, 1.165) is 0 Å². The van der Waals surface area contributed by atoms with E-state index in [9.17, 15) is 8.42 Å². The van der Waals surface area contributed by atoms with Crippen LogP contribution >= 0.6 is 0 Å². The lowest BCUT2D eigenvalue weighted by Crippen LogP contribution is -2.31. The summed E-state index contributed by atoms with van der Waals surface area (Å²) in [7, 11) is -1.81. The quantitative estimate of drug-likeness (QED) is 0.738. The lowest BCUT2D eigenvalue weighted by atomic mass is 10.4. The molecule has 0 aliphatic heterocycles. The highest BCUT2D eigenvalue weighted by atomic mass is 32.2. The van der Waals surface area contributed by atoms with Gasteiger partial charge in [0.25, 0.3) is 0 Å². The second-order valence-corrected chi connectivity index (χ2v) is 5.97. The molecule has 0 atom stereocenters. The fourth-order valence-electron chi connectivity index (χ4n) is 1.74. The molecule has 0 unspecified atom stereocenters. The third kappa shape index (κ3) is 3.56. The first kappa shape index (κ1) is 15.7. The number of sulfonamides is 1. The fraction of sp³-hybridized carbons (Fsp3) is 0.385. The van der Waals surface area contributed by atoms with Gasteiger partial charge in [-0.1, -0.05) is 12.2 Å². The molecule has 0 saturated heterocycles. The molecule has 0 radical (unpaired) electrons. The first-order chi connectivity index (χ1) is 8.97. The highest BCUT2D eigenvalue weighted by molar-refractivity contribution is 7.89. The van der Waals surface area contributed by atoms with Crippen LogP contribution in [0.15, 0.2) is 40.7 Å². The molecule has 1 rings (SSSR count). The van der Waals surface area contributed by atoms with Crippen LogP contribution in [0.2, 0.25) is 0 Å². The number of hydrogen-bond donors (Lipinski definition) is 1. The monoisotopic (exact) mass is 284 g/mol. The van der Waals surface area contributed by atoms with E-state index < -0.39 is 10.0 Å². The van der Waals surface area contributed by atoms with Crippen molar-refractivity contribution in [1.29, 1.82) is 0 Å². The summed E-state index contributed by atoms with van der Waals surface area (Å²) in [5.41, 5.74) is 0. The molecule has 19 heavy (non-hydrogen) atoms. The topological polar surface area (TPSA) is 62.6 Å². The molecule has 1 aromatic rings. The maximum Gasteiger partial charge on any atom is 0.247 e. The number of furan rings is 1. The van der Waals surface area contributed by atoms with Gasteiger partial charge in [0.05, 0.1) is 6.54 Å². The van der Waals surface area contributed by atoms with Gasteiger partial charge in [0, 0.05) is 19.2 Å². The first-order valence-corrected chi connectivity index (χ1v) is 7.37. The highest BCUT2D eigenvalue weighted by Crippen LogP contribution is 2.23. The Morgan fingerprint density at radius 1 is 1.37 bits per heavy atom. The Labute approximate surface area is 114 Å². The van der Waals surface area contributed by atoms with Gasteiger partial charge >= 0.3 is 0 Å². The van der Waals surface area contributed by atoms with E-state index in [2.05, 4.69) is 18.5 Å². The second-order valence-electron chi connectivity index (χ2n) is 4.06. The highest BCUT2D eigenvalue weighted by Gasteiger charge is 2.27. The number of nitrogens with one attached hydrogen (secondary N) is 1. The number of nitrogens with zero attached hydrogens (tertiary/aromatic N) is 1. The molecule has 0 saturated carbocycles. The summed E-state index contributed by atoms with van der Waals surface area (Å²) in [6, 6.07) is 1.56. The third-order valence-corrected chi connectivity index (χ3v) is 4.50. The molecule has 1 aromatic heterocycles. The second kappa shape index (κ2) is 6.70. The number of aryl methyl sites for hydroxylation is 1. The van der Waals surface area contributed by atoms with Crippen LogP contribution in [-0.2, 0) is 16.6 Å². The van der Waals surface area contributed by atoms with E-state index in [-0.39, 0.29) is 18.0 Å². The third-order valence-electron chi connectivity index (χ3n) is 2.56. The van der Waals surface area contributed by atoms with Crippen LogP contribution in [0, 0.1) is 6.92 Å². The molecular weight excluding hydrogens is 264 g/mol. The van der Waals surface area contributed by atoms with Crippen LogP contribution < -0.4 is 5.32 Å². The maximum absolute atomic E-state index is 12.5. The van der Waals surface area contributed by atoms with Gasteiger partial charge in [-0.15, -0.1) is 13.2 Å². The summed E-state index contributed by atoms with van der Waals surface area (Å²) in [5, 5.41) is 2.92. The smallest absolute Gasteiger partial charge is 0.247 e. The van der Waals surface area contributed by atoms with Gasteiger partial charge in [0.1, 0.15) is 16.4 Å². The molecule has 0 aliphatic rings. The predicted molar refractivity (Wildman–Crippen MR) is 75.4 cm³/mol. The minimum atomic E-state index is -3.58. The van der Waals surface area contributed by atoms with Crippen molar-refractivity contribution in [2.75, 3.05) is 20.1 Å². The fourth-order valence-corrected chi connectivity index (χ4v) is 3.31. The molecule has 5 nitrogen and oxygen atoms in total. The number of hydrogen-bond acceptors (Lipinski definition) is 4. The molecule has 0 amide bonds. The SMILES string of the molecule is C=CCN(CC=C)S(=O)(=O)c1cc(CNC)oc1C. The Hall–Kier alpha value is -1.37. The molecule has 0 bridgehead atoms. The van der Waals surface area contributed by atoms with E-state index in [1.165, 1.54) is 4.31 Å². The zero-order valence-electron chi connectivity index (χ0n) is 11.3. The van der Waals surface area contributed by atoms with Crippen molar-refractivity contribution in [3.05, 3.63) is 42.9 Å². The first-order valence-electron chi connectivity index (χ1n) is 5.93. The van der Waals surface area contributed by atoms with Crippen molar-refractivity contribution < 1.29 is 12.8 Å². The summed E-state index contributed by atoms with van der Waals surface area (Å²) >= 11 is 0. The molecule has 106 valence electrons. The van der Waals surface area contributed by atoms with Crippen molar-refractivity contribution in [3.8, 4) is 0 Å². The molecule has 0 fully saturated rings. The average molecular weight is 284 g/mol. The summed E-state index contributed by atoms with van der Waals surface area (Å²) in [6.45, 7) is 9.75. The summed E-state index contributed by atoms with van der Waals surface area (Å²) in [4.78, 5) is 0.196. The lowest BCUT2D eigenvalue weighted by Gasteiger charge is -2.18. The van der Waals surface area contributed by atoms with Gasteiger partial charge in [-0.05, 0) is 14.0 Å². The van der Waals surface area contributed by atoms with E-state index in [0.29, 0.717) is 18.1 Å². The van der Waals surface area contributed by atoms with Crippen LogP contribution in [0.5, 0.6) is 0 Å². The van der Waals surface area contributed by atoms with E-state index in [4.69, 9.17) is 4.42 Å². The molecule has 6 heteroatoms. The van der Waals surface area contributed by atoms with Gasteiger partial charge in [-0.3, -0.25) is 0 Å². The Morgan fingerprint density at radius 2 is 1.95 bits per heavy atom. The predicted octanol–water partition coefficient (Wildman–Crippen LogP) is 1.67. The maximum atomic E-state index is 12.5. The molecule has 0 aliphatic carbocycles. The summed E-state index contributed by atoms with van der Waals surface area (Å²) in [5.74, 6) is 0.985. The molecule has 0 spiro atoms. The van der Waals surface area contributed by atoms with Crippen molar-refractivity contribution in [1.82, 2.24) is 9.62 Å². The minimum absolute atomic E-state index is 0.196. The van der Waals surface area contributed by atoms with Crippen molar-refractivity contribution >= 4 is 10.0 Å². The molecular formula is C13H20N2O3S. The van der Waals surface area contributed by atoms with Gasteiger partial charge in [0.2, 0.25) is 10.0 Å². The van der Waals surface area contributed by atoms with Crippen LogP contribution in [0.1, 0.15) is 11.5 Å². The van der Waals surface area contributed by atoms with Gasteiger partial charge in [-0.2, -0.15) is 4.31 Å². The Bertz CT molecular complexity index is 536. The normalized spacial score (nSPS) is 11.7. The van der Waals surface area contributed by atoms with Crippen LogP contribution in [0.3, 0.4) is 0 Å². The average Bonchev–Trinajstić information content (AvgIpc) is 2.71. The molecule has 1 heterocycles. The largest absolute Gasteiger partial charge is 0.464 e. The summed E-state index contributed by atoms with van der Waals surface area (Å²) < 4.78 is 31.7. The van der Waals surface area contributed by atoms with Crippen molar-refractivity contribution in [3.63, 3.8) is 0 Å². The zero-order valence-corrected chi connectivity index (χ0v) is 12.2. The zero-order chi connectivity index (χ0) is 14.5. The van der Waals surface area contributed by atoms with E-state index in [1.807, 2.05) is 0 Å². The van der Waals surface area contributed by atoms with Gasteiger partial charge < -0.3 is 9.73 Å². The number of rotatable bonds is 8.